The summed E-state index contributed by atoms with van der Waals surface area (Å²) in [4.78, 5) is 2.44. The predicted octanol–water partition coefficient (Wildman–Crippen LogP) is 15.0. The van der Waals surface area contributed by atoms with E-state index in [1.165, 1.54) is 66.1 Å². The number of para-hydroxylation sites is 2. The van der Waals surface area contributed by atoms with Gasteiger partial charge in [-0.25, -0.2) is 0 Å². The number of benzene rings is 9. The molecule has 0 N–H and O–H groups in total. The predicted molar refractivity (Wildman–Crippen MR) is 232 cm³/mol. The van der Waals surface area contributed by atoms with Gasteiger partial charge in [-0.3, -0.25) is 0 Å². The average molecular weight is 704 g/mol. The molecule has 260 valence electrons. The van der Waals surface area contributed by atoms with Crippen LogP contribution in [0.25, 0.3) is 76.9 Å². The number of furan rings is 1. The Hall–Kier alpha value is -6.90. The van der Waals surface area contributed by atoms with Crippen LogP contribution in [0.15, 0.2) is 192 Å². The lowest BCUT2D eigenvalue weighted by Crippen LogP contribution is -2.14. The maximum Gasteiger partial charge on any atom is 0.135 e. The van der Waals surface area contributed by atoms with Crippen molar-refractivity contribution in [2.45, 2.75) is 19.3 Å². The average Bonchev–Trinajstić information content (AvgIpc) is 3.72. The first-order valence-electron chi connectivity index (χ1n) is 19.1. The van der Waals surface area contributed by atoms with Gasteiger partial charge in [0, 0.05) is 33.1 Å². The molecule has 0 saturated heterocycles. The fraction of sp³-hybridized carbons (Fsp3) is 0.0566. The summed E-state index contributed by atoms with van der Waals surface area (Å²) >= 11 is 0. The van der Waals surface area contributed by atoms with E-state index in [9.17, 15) is 0 Å². The Morgan fingerprint density at radius 1 is 0.400 bits per heavy atom. The van der Waals surface area contributed by atoms with Gasteiger partial charge in [0.15, 0.2) is 0 Å². The minimum atomic E-state index is -0.0952. The first-order chi connectivity index (χ1) is 27.0. The van der Waals surface area contributed by atoms with Crippen molar-refractivity contribution < 1.29 is 4.42 Å². The maximum absolute atomic E-state index is 6.32. The Bertz CT molecular complexity index is 3150. The molecule has 1 aromatic heterocycles. The quantitative estimate of drug-likeness (QED) is 0.166. The van der Waals surface area contributed by atoms with Crippen molar-refractivity contribution in [1.29, 1.82) is 0 Å². The largest absolute Gasteiger partial charge is 0.456 e. The third-order valence-corrected chi connectivity index (χ3v) is 11.9. The molecule has 0 radical (unpaired) electrons. The zero-order valence-electron chi connectivity index (χ0n) is 30.8. The van der Waals surface area contributed by atoms with Gasteiger partial charge < -0.3 is 9.32 Å². The Kier molecular flexibility index (Phi) is 6.93. The molecular formula is C53H37NO. The highest BCUT2D eigenvalue weighted by Gasteiger charge is 2.37. The fourth-order valence-electron chi connectivity index (χ4n) is 9.26. The molecule has 1 heterocycles. The van der Waals surface area contributed by atoms with Crippen LogP contribution in [0, 0.1) is 0 Å². The van der Waals surface area contributed by atoms with Crippen LogP contribution in [0.4, 0.5) is 17.1 Å². The standard InChI is InChI=1S/C53H37NO/c1-53(2)47-24-8-5-20-45(47)52-44(23-13-25-48(52)53)42-18-6-9-26-49(42)54(37-29-31-51-46(33-37)43-19-7-10-27-50(43)55-51)36-16-11-15-35(32-36)39-21-12-22-40-38-17-4-3-14-34(38)28-30-41(39)40/h3-33H,1-2H3. The molecule has 1 aliphatic rings. The SMILES string of the molecule is CC1(C)c2ccccc2-c2c(-c3ccccc3N(c3cccc(-c4cccc5c4ccc4ccccc45)c3)c3ccc4oc5ccccc5c4c3)cccc21. The van der Waals surface area contributed by atoms with Gasteiger partial charge in [-0.05, 0) is 103 Å². The summed E-state index contributed by atoms with van der Waals surface area (Å²) in [6.45, 7) is 4.71. The van der Waals surface area contributed by atoms with Crippen molar-refractivity contribution >= 4 is 60.5 Å². The van der Waals surface area contributed by atoms with E-state index < -0.39 is 0 Å². The first kappa shape index (κ1) is 31.6. The van der Waals surface area contributed by atoms with E-state index in [1.807, 2.05) is 12.1 Å². The van der Waals surface area contributed by atoms with Crippen molar-refractivity contribution in [2.75, 3.05) is 4.90 Å². The summed E-state index contributed by atoms with van der Waals surface area (Å²) in [5.74, 6) is 0. The van der Waals surface area contributed by atoms with Crippen LogP contribution < -0.4 is 4.90 Å². The molecule has 0 amide bonds. The Morgan fingerprint density at radius 2 is 1.05 bits per heavy atom. The molecule has 2 heteroatoms. The third kappa shape index (κ3) is 4.81. The van der Waals surface area contributed by atoms with Gasteiger partial charge in [0.25, 0.3) is 0 Å². The second kappa shape index (κ2) is 12.1. The molecule has 2 nitrogen and oxygen atoms in total. The van der Waals surface area contributed by atoms with E-state index in [0.717, 1.165) is 39.0 Å². The van der Waals surface area contributed by atoms with E-state index in [1.54, 1.807) is 0 Å². The smallest absolute Gasteiger partial charge is 0.135 e. The number of nitrogens with zero attached hydrogens (tertiary/aromatic N) is 1. The molecule has 0 saturated carbocycles. The molecular weight excluding hydrogens is 667 g/mol. The second-order valence-corrected chi connectivity index (χ2v) is 15.3. The summed E-state index contributed by atoms with van der Waals surface area (Å²) in [5.41, 5.74) is 15.2. The second-order valence-electron chi connectivity index (χ2n) is 15.3. The van der Waals surface area contributed by atoms with Gasteiger partial charge >= 0.3 is 0 Å². The van der Waals surface area contributed by atoms with Crippen LogP contribution in [0.1, 0.15) is 25.0 Å². The molecule has 0 unspecified atom stereocenters. The highest BCUT2D eigenvalue weighted by molar-refractivity contribution is 6.12. The lowest BCUT2D eigenvalue weighted by atomic mass is 9.82. The molecule has 1 aliphatic carbocycles. The monoisotopic (exact) mass is 703 g/mol. The van der Waals surface area contributed by atoms with Crippen LogP contribution in [-0.2, 0) is 5.41 Å². The van der Waals surface area contributed by atoms with Crippen molar-refractivity contribution in [3.8, 4) is 33.4 Å². The van der Waals surface area contributed by atoms with E-state index in [-0.39, 0.29) is 5.41 Å². The van der Waals surface area contributed by atoms with E-state index in [4.69, 9.17) is 4.42 Å². The van der Waals surface area contributed by atoms with Gasteiger partial charge in [0.1, 0.15) is 11.2 Å². The summed E-state index contributed by atoms with van der Waals surface area (Å²) in [5, 5.41) is 7.26. The molecule has 0 fully saturated rings. The number of hydrogen-bond acceptors (Lipinski definition) is 2. The van der Waals surface area contributed by atoms with Crippen molar-refractivity contribution in [3.05, 3.63) is 199 Å². The topological polar surface area (TPSA) is 16.4 Å². The van der Waals surface area contributed by atoms with Gasteiger partial charge in [-0.15, -0.1) is 0 Å². The van der Waals surface area contributed by atoms with Gasteiger partial charge in [0.05, 0.1) is 5.69 Å². The molecule has 55 heavy (non-hydrogen) atoms. The van der Waals surface area contributed by atoms with Gasteiger partial charge in [0.2, 0.25) is 0 Å². The molecule has 0 aliphatic heterocycles. The summed E-state index contributed by atoms with van der Waals surface area (Å²) in [7, 11) is 0. The van der Waals surface area contributed by atoms with E-state index >= 15 is 0 Å². The molecule has 11 rings (SSSR count). The van der Waals surface area contributed by atoms with Crippen LogP contribution in [-0.4, -0.2) is 0 Å². The number of rotatable bonds is 5. The van der Waals surface area contributed by atoms with Crippen molar-refractivity contribution in [2.24, 2.45) is 0 Å². The summed E-state index contributed by atoms with van der Waals surface area (Å²) in [6, 6.07) is 68.5. The van der Waals surface area contributed by atoms with Crippen molar-refractivity contribution in [1.82, 2.24) is 0 Å². The Morgan fingerprint density at radius 3 is 1.98 bits per heavy atom. The summed E-state index contributed by atoms with van der Waals surface area (Å²) in [6.07, 6.45) is 0. The minimum Gasteiger partial charge on any atom is -0.456 e. The normalized spacial score (nSPS) is 13.1. The van der Waals surface area contributed by atoms with Crippen molar-refractivity contribution in [3.63, 3.8) is 0 Å². The third-order valence-electron chi connectivity index (χ3n) is 11.9. The molecule has 9 aromatic carbocycles. The van der Waals surface area contributed by atoms with Gasteiger partial charge in [-0.1, -0.05) is 159 Å². The highest BCUT2D eigenvalue weighted by atomic mass is 16.3. The molecule has 10 aromatic rings. The lowest BCUT2D eigenvalue weighted by Gasteiger charge is -2.29. The molecule has 0 atom stereocenters. The zero-order valence-corrected chi connectivity index (χ0v) is 30.8. The highest BCUT2D eigenvalue weighted by Crippen LogP contribution is 2.54. The van der Waals surface area contributed by atoms with Crippen LogP contribution in [0.2, 0.25) is 0 Å². The fourth-order valence-corrected chi connectivity index (χ4v) is 9.26. The van der Waals surface area contributed by atoms with Gasteiger partial charge in [-0.2, -0.15) is 0 Å². The molecule has 0 spiro atoms. The number of anilines is 3. The van der Waals surface area contributed by atoms with Crippen LogP contribution in [0.3, 0.4) is 0 Å². The first-order valence-corrected chi connectivity index (χ1v) is 19.1. The number of fused-ring (bicyclic) bond motifs is 9. The Labute approximate surface area is 320 Å². The van der Waals surface area contributed by atoms with E-state index in [2.05, 4.69) is 195 Å². The van der Waals surface area contributed by atoms with Crippen LogP contribution in [0.5, 0.6) is 0 Å². The minimum absolute atomic E-state index is 0.0952. The van der Waals surface area contributed by atoms with E-state index in [0.29, 0.717) is 0 Å². The number of hydrogen-bond donors (Lipinski definition) is 0. The molecule has 0 bridgehead atoms. The Balaban J connectivity index is 1.16. The van der Waals surface area contributed by atoms with Crippen LogP contribution >= 0.6 is 0 Å². The maximum atomic E-state index is 6.32. The zero-order chi connectivity index (χ0) is 36.7. The lowest BCUT2D eigenvalue weighted by molar-refractivity contribution is 0.660. The summed E-state index contributed by atoms with van der Waals surface area (Å²) < 4.78 is 6.32.